The molecule has 0 aliphatic rings. The van der Waals surface area contributed by atoms with Gasteiger partial charge in [0.2, 0.25) is 10.0 Å². The Morgan fingerprint density at radius 1 is 1.53 bits per heavy atom. The van der Waals surface area contributed by atoms with Crippen molar-refractivity contribution in [3.63, 3.8) is 0 Å². The third-order valence-electron chi connectivity index (χ3n) is 2.33. The van der Waals surface area contributed by atoms with Crippen molar-refractivity contribution in [2.45, 2.75) is 4.90 Å². The number of likely N-dealkylation sites (N-methyl/N-ethyl adjacent to an activating group) is 1. The van der Waals surface area contributed by atoms with E-state index < -0.39 is 22.5 Å². The number of methoxy groups -OCH3 is 1. The van der Waals surface area contributed by atoms with Crippen LogP contribution in [0.1, 0.15) is 5.56 Å². The number of rotatable bonds is 4. The molecule has 102 valence electrons. The monoisotopic (exact) mass is 302 g/mol. The first-order valence-corrected chi connectivity index (χ1v) is 6.87. The van der Waals surface area contributed by atoms with Gasteiger partial charge in [-0.25, -0.2) is 8.42 Å². The highest BCUT2D eigenvalue weighted by Gasteiger charge is 2.26. The predicted molar refractivity (Wildman–Crippen MR) is 68.0 cm³/mol. The van der Waals surface area contributed by atoms with Crippen LogP contribution in [0, 0.1) is 11.3 Å². The number of hydrogen-bond acceptors (Lipinski definition) is 5. The summed E-state index contributed by atoms with van der Waals surface area (Å²) in [6.45, 7) is -0.439. The molecule has 0 bridgehead atoms. The molecule has 1 rings (SSSR count). The van der Waals surface area contributed by atoms with Gasteiger partial charge in [-0.1, -0.05) is 11.6 Å². The lowest BCUT2D eigenvalue weighted by Crippen LogP contribution is -2.32. The number of nitrogens with zero attached hydrogens (tertiary/aromatic N) is 2. The SMILES string of the molecule is COC(=O)CN(C)S(=O)(=O)c1cc(C#N)ccc1Cl. The average Bonchev–Trinajstić information content (AvgIpc) is 2.38. The van der Waals surface area contributed by atoms with Crippen molar-refractivity contribution >= 4 is 27.6 Å². The highest BCUT2D eigenvalue weighted by atomic mass is 35.5. The molecule has 0 aliphatic heterocycles. The number of esters is 1. The van der Waals surface area contributed by atoms with Gasteiger partial charge in [-0.15, -0.1) is 0 Å². The van der Waals surface area contributed by atoms with Crippen LogP contribution < -0.4 is 0 Å². The molecule has 0 spiro atoms. The van der Waals surface area contributed by atoms with E-state index in [0.29, 0.717) is 0 Å². The number of benzene rings is 1. The molecule has 1 aromatic carbocycles. The fourth-order valence-corrected chi connectivity index (χ4v) is 2.88. The van der Waals surface area contributed by atoms with Gasteiger partial charge in [0.05, 0.1) is 23.8 Å². The Balaban J connectivity index is 3.20. The Morgan fingerprint density at radius 3 is 2.68 bits per heavy atom. The van der Waals surface area contributed by atoms with Gasteiger partial charge in [0, 0.05) is 7.05 Å². The van der Waals surface area contributed by atoms with Crippen molar-refractivity contribution in [2.75, 3.05) is 20.7 Å². The predicted octanol–water partition coefficient (Wildman–Crippen LogP) is 1.01. The first-order chi connectivity index (χ1) is 8.82. The lowest BCUT2D eigenvalue weighted by Gasteiger charge is -2.16. The Morgan fingerprint density at radius 2 is 2.16 bits per heavy atom. The Kier molecular flexibility index (Phi) is 4.89. The van der Waals surface area contributed by atoms with Gasteiger partial charge in [-0.05, 0) is 18.2 Å². The summed E-state index contributed by atoms with van der Waals surface area (Å²) in [5.74, 6) is -0.696. The van der Waals surface area contributed by atoms with Crippen LogP contribution in [0.5, 0.6) is 0 Å². The summed E-state index contributed by atoms with van der Waals surface area (Å²) in [6.07, 6.45) is 0. The van der Waals surface area contributed by atoms with Gasteiger partial charge < -0.3 is 4.74 Å². The molecule has 0 saturated carbocycles. The van der Waals surface area contributed by atoms with E-state index in [0.717, 1.165) is 17.5 Å². The number of carbonyl (C=O) groups is 1. The Bertz CT molecular complexity index is 637. The van der Waals surface area contributed by atoms with Crippen molar-refractivity contribution in [1.29, 1.82) is 5.26 Å². The van der Waals surface area contributed by atoms with Crippen molar-refractivity contribution in [2.24, 2.45) is 0 Å². The molecule has 0 aromatic heterocycles. The summed E-state index contributed by atoms with van der Waals surface area (Å²) in [5.41, 5.74) is 0.162. The minimum atomic E-state index is -3.96. The molecule has 0 radical (unpaired) electrons. The zero-order valence-corrected chi connectivity index (χ0v) is 11.8. The second-order valence-electron chi connectivity index (χ2n) is 3.59. The maximum atomic E-state index is 12.2. The highest BCUT2D eigenvalue weighted by Crippen LogP contribution is 2.25. The number of halogens is 1. The van der Waals surface area contributed by atoms with E-state index in [4.69, 9.17) is 16.9 Å². The molecule has 1 aromatic rings. The van der Waals surface area contributed by atoms with Crippen molar-refractivity contribution in [1.82, 2.24) is 4.31 Å². The Hall–Kier alpha value is -1.62. The summed E-state index contributed by atoms with van der Waals surface area (Å²) < 4.78 is 29.6. The minimum Gasteiger partial charge on any atom is -0.468 e. The summed E-state index contributed by atoms with van der Waals surface area (Å²) in [5, 5.41) is 8.75. The van der Waals surface area contributed by atoms with Crippen LogP contribution in [0.25, 0.3) is 0 Å². The second-order valence-corrected chi connectivity index (χ2v) is 6.01. The van der Waals surface area contributed by atoms with E-state index in [-0.39, 0.29) is 15.5 Å². The van der Waals surface area contributed by atoms with E-state index >= 15 is 0 Å². The molecular weight excluding hydrogens is 292 g/mol. The standard InChI is InChI=1S/C11H11ClN2O4S/c1-14(7-11(15)18-2)19(16,17)10-5-8(6-13)3-4-9(10)12/h3-5H,7H2,1-2H3. The summed E-state index contributed by atoms with van der Waals surface area (Å²) in [6, 6.07) is 5.71. The van der Waals surface area contributed by atoms with Gasteiger partial charge in [0.15, 0.2) is 0 Å². The molecule has 0 aliphatic carbocycles. The minimum absolute atomic E-state index is 0.0179. The van der Waals surface area contributed by atoms with E-state index in [1.807, 2.05) is 6.07 Å². The molecule has 0 amide bonds. The first kappa shape index (κ1) is 15.4. The average molecular weight is 303 g/mol. The lowest BCUT2D eigenvalue weighted by molar-refractivity contribution is -0.140. The summed E-state index contributed by atoms with van der Waals surface area (Å²) in [7, 11) is -1.58. The molecule has 8 heteroatoms. The summed E-state index contributed by atoms with van der Waals surface area (Å²) >= 11 is 5.82. The molecule has 0 heterocycles. The van der Waals surface area contributed by atoms with Crippen LogP contribution in [0.3, 0.4) is 0 Å². The number of hydrogen-bond donors (Lipinski definition) is 0. The first-order valence-electron chi connectivity index (χ1n) is 5.05. The van der Waals surface area contributed by atoms with E-state index in [9.17, 15) is 13.2 Å². The molecule has 0 N–H and O–H groups in total. The van der Waals surface area contributed by atoms with E-state index in [2.05, 4.69) is 4.74 Å². The third kappa shape index (κ3) is 3.44. The van der Waals surface area contributed by atoms with E-state index in [1.165, 1.54) is 19.2 Å². The molecular formula is C11H11ClN2O4S. The van der Waals surface area contributed by atoms with Crippen LogP contribution >= 0.6 is 11.6 Å². The molecule has 0 unspecified atom stereocenters. The van der Waals surface area contributed by atoms with Gasteiger partial charge in [0.1, 0.15) is 11.4 Å². The number of carbonyl (C=O) groups excluding carboxylic acids is 1. The highest BCUT2D eigenvalue weighted by molar-refractivity contribution is 7.89. The van der Waals surface area contributed by atoms with Crippen LogP contribution in [0.4, 0.5) is 0 Å². The maximum Gasteiger partial charge on any atom is 0.321 e. The zero-order chi connectivity index (χ0) is 14.6. The fraction of sp³-hybridized carbons (Fsp3) is 0.273. The molecule has 0 saturated heterocycles. The van der Waals surface area contributed by atoms with Crippen molar-refractivity contribution in [3.05, 3.63) is 28.8 Å². The van der Waals surface area contributed by atoms with Crippen LogP contribution in [0.15, 0.2) is 23.1 Å². The molecule has 19 heavy (non-hydrogen) atoms. The van der Waals surface area contributed by atoms with Gasteiger partial charge in [-0.3, -0.25) is 4.79 Å². The van der Waals surface area contributed by atoms with Gasteiger partial charge >= 0.3 is 5.97 Å². The fourth-order valence-electron chi connectivity index (χ4n) is 1.27. The quantitative estimate of drug-likeness (QED) is 0.774. The topological polar surface area (TPSA) is 87.5 Å². The van der Waals surface area contributed by atoms with Gasteiger partial charge in [-0.2, -0.15) is 9.57 Å². The Labute approximate surface area is 116 Å². The molecule has 0 atom stereocenters. The molecule has 6 nitrogen and oxygen atoms in total. The van der Waals surface area contributed by atoms with Crippen molar-refractivity contribution in [3.8, 4) is 6.07 Å². The third-order valence-corrected chi connectivity index (χ3v) is 4.61. The number of sulfonamides is 1. The van der Waals surface area contributed by atoms with E-state index in [1.54, 1.807) is 0 Å². The largest absolute Gasteiger partial charge is 0.468 e. The lowest BCUT2D eigenvalue weighted by atomic mass is 10.2. The smallest absolute Gasteiger partial charge is 0.321 e. The number of nitriles is 1. The van der Waals surface area contributed by atoms with Crippen LogP contribution in [-0.4, -0.2) is 39.4 Å². The summed E-state index contributed by atoms with van der Waals surface area (Å²) in [4.78, 5) is 10.9. The van der Waals surface area contributed by atoms with Crippen LogP contribution in [-0.2, 0) is 19.6 Å². The number of ether oxygens (including phenoxy) is 1. The zero-order valence-electron chi connectivity index (χ0n) is 10.3. The van der Waals surface area contributed by atoms with Gasteiger partial charge in [0.25, 0.3) is 0 Å². The van der Waals surface area contributed by atoms with Crippen LogP contribution in [0.2, 0.25) is 5.02 Å². The normalized spacial score (nSPS) is 11.1. The molecule has 0 fully saturated rings. The maximum absolute atomic E-state index is 12.2. The van der Waals surface area contributed by atoms with Crippen molar-refractivity contribution < 1.29 is 17.9 Å². The second kappa shape index (κ2) is 6.02.